The van der Waals surface area contributed by atoms with Gasteiger partial charge in [0.25, 0.3) is 5.69 Å². The lowest BCUT2D eigenvalue weighted by Crippen LogP contribution is -2.45. The van der Waals surface area contributed by atoms with Crippen LogP contribution in [0, 0.1) is 21.8 Å². The first kappa shape index (κ1) is 22.1. The summed E-state index contributed by atoms with van der Waals surface area (Å²) in [5.41, 5.74) is 0.510. The molecule has 8 heteroatoms. The van der Waals surface area contributed by atoms with Gasteiger partial charge in [-0.3, -0.25) is 15.0 Å². The molecule has 0 radical (unpaired) electrons. The number of halogens is 3. The molecular weight excluding hydrogens is 344 g/mol. The minimum atomic E-state index is -0.561. The van der Waals surface area contributed by atoms with Crippen molar-refractivity contribution in [2.24, 2.45) is 5.92 Å². The molecule has 1 fully saturated rings. The second-order valence-electron chi connectivity index (χ2n) is 5.89. The number of hydrogen-bond acceptors (Lipinski definition) is 4. The van der Waals surface area contributed by atoms with Crippen molar-refractivity contribution in [1.82, 2.24) is 10.2 Å². The predicted molar refractivity (Wildman–Crippen MR) is 94.2 cm³/mol. The van der Waals surface area contributed by atoms with Gasteiger partial charge in [-0.15, -0.1) is 24.8 Å². The van der Waals surface area contributed by atoms with Gasteiger partial charge in [-0.25, -0.2) is 4.39 Å². The van der Waals surface area contributed by atoms with Gasteiger partial charge in [-0.05, 0) is 24.5 Å². The number of nitro groups is 1. The molecule has 1 saturated heterocycles. The molecule has 2 rings (SSSR count). The molecule has 0 aromatic heterocycles. The zero-order valence-corrected chi connectivity index (χ0v) is 15.0. The first-order chi connectivity index (χ1) is 9.99. The summed E-state index contributed by atoms with van der Waals surface area (Å²) < 4.78 is 13.3. The zero-order valence-electron chi connectivity index (χ0n) is 13.3. The van der Waals surface area contributed by atoms with Crippen LogP contribution >= 0.6 is 24.8 Å². The number of benzene rings is 1. The third kappa shape index (κ3) is 5.88. The SMILES string of the molecule is CC(C)C[C@H](c1ccc(F)cc1[N+](=O)[O-])N1CCNCC1.Cl.Cl. The number of rotatable bonds is 5. The molecule has 0 bridgehead atoms. The zero-order chi connectivity index (χ0) is 15.4. The summed E-state index contributed by atoms with van der Waals surface area (Å²) in [4.78, 5) is 13.0. The van der Waals surface area contributed by atoms with Gasteiger partial charge in [-0.2, -0.15) is 0 Å². The lowest BCUT2D eigenvalue weighted by Gasteiger charge is -2.35. The Morgan fingerprint density at radius 2 is 1.91 bits per heavy atom. The monoisotopic (exact) mass is 367 g/mol. The summed E-state index contributed by atoms with van der Waals surface area (Å²) >= 11 is 0. The first-order valence-corrected chi connectivity index (χ1v) is 7.37. The molecule has 1 aromatic carbocycles. The van der Waals surface area contributed by atoms with E-state index in [0.29, 0.717) is 11.5 Å². The van der Waals surface area contributed by atoms with Crippen molar-refractivity contribution in [3.05, 3.63) is 39.7 Å². The molecule has 1 aliphatic heterocycles. The number of nitrogens with one attached hydrogen (secondary N) is 1. The van der Waals surface area contributed by atoms with E-state index in [1.54, 1.807) is 6.07 Å². The molecular formula is C15H24Cl2FN3O2. The number of nitro benzene ring substituents is 1. The summed E-state index contributed by atoms with van der Waals surface area (Å²) in [6.45, 7) is 7.67. The van der Waals surface area contributed by atoms with Crippen LogP contribution in [0.4, 0.5) is 10.1 Å². The Morgan fingerprint density at radius 1 is 1.30 bits per heavy atom. The van der Waals surface area contributed by atoms with Gasteiger partial charge in [0.2, 0.25) is 0 Å². The molecule has 1 aliphatic rings. The molecule has 1 atom stereocenters. The topological polar surface area (TPSA) is 58.4 Å². The van der Waals surface area contributed by atoms with E-state index in [4.69, 9.17) is 0 Å². The second kappa shape index (κ2) is 10.0. The highest BCUT2D eigenvalue weighted by atomic mass is 35.5. The van der Waals surface area contributed by atoms with Crippen molar-refractivity contribution in [3.63, 3.8) is 0 Å². The van der Waals surface area contributed by atoms with Crippen molar-refractivity contribution < 1.29 is 9.31 Å². The van der Waals surface area contributed by atoms with Crippen LogP contribution in [0.2, 0.25) is 0 Å². The summed E-state index contributed by atoms with van der Waals surface area (Å²) in [7, 11) is 0. The molecule has 0 aliphatic carbocycles. The fourth-order valence-corrected chi connectivity index (χ4v) is 2.87. The van der Waals surface area contributed by atoms with Gasteiger partial charge in [-0.1, -0.05) is 13.8 Å². The van der Waals surface area contributed by atoms with Crippen molar-refractivity contribution in [3.8, 4) is 0 Å². The molecule has 0 saturated carbocycles. The molecule has 0 amide bonds. The van der Waals surface area contributed by atoms with Crippen molar-refractivity contribution in [1.29, 1.82) is 0 Å². The molecule has 1 heterocycles. The quantitative estimate of drug-likeness (QED) is 0.638. The maximum Gasteiger partial charge on any atom is 0.277 e. The largest absolute Gasteiger partial charge is 0.314 e. The molecule has 1 aromatic rings. The third-order valence-corrected chi connectivity index (χ3v) is 3.84. The standard InChI is InChI=1S/C15H22FN3O2.2ClH/c1-11(2)9-14(18-7-5-17-6-8-18)13-4-3-12(16)10-15(13)19(20)21;;/h3-4,10-11,14,17H,5-9H2,1-2H3;2*1H/t14-;;/m1../s1. The summed E-state index contributed by atoms with van der Waals surface area (Å²) in [6.07, 6.45) is 0.826. The highest BCUT2D eigenvalue weighted by molar-refractivity contribution is 5.85. The molecule has 23 heavy (non-hydrogen) atoms. The van der Waals surface area contributed by atoms with E-state index >= 15 is 0 Å². The van der Waals surface area contributed by atoms with E-state index < -0.39 is 10.7 Å². The predicted octanol–water partition coefficient (Wildman–Crippen LogP) is 3.57. The summed E-state index contributed by atoms with van der Waals surface area (Å²) in [5, 5.41) is 14.5. The van der Waals surface area contributed by atoms with E-state index in [9.17, 15) is 14.5 Å². The molecule has 0 unspecified atom stereocenters. The Bertz CT molecular complexity index is 511. The average molecular weight is 368 g/mol. The normalized spacial score (nSPS) is 16.3. The highest BCUT2D eigenvalue weighted by Crippen LogP contribution is 2.34. The van der Waals surface area contributed by atoms with E-state index in [1.165, 1.54) is 6.07 Å². The Balaban J connectivity index is 0.00000242. The Kier molecular flexibility index (Phi) is 9.61. The van der Waals surface area contributed by atoms with Crippen LogP contribution < -0.4 is 5.32 Å². The van der Waals surface area contributed by atoms with Gasteiger partial charge >= 0.3 is 0 Å². The maximum absolute atomic E-state index is 13.3. The fourth-order valence-electron chi connectivity index (χ4n) is 2.87. The maximum atomic E-state index is 13.3. The second-order valence-corrected chi connectivity index (χ2v) is 5.89. The molecule has 5 nitrogen and oxygen atoms in total. The van der Waals surface area contributed by atoms with Crippen LogP contribution in [0.3, 0.4) is 0 Å². The summed E-state index contributed by atoms with van der Waals surface area (Å²) in [5.74, 6) is -0.149. The van der Waals surface area contributed by atoms with Crippen molar-refractivity contribution in [2.45, 2.75) is 26.3 Å². The van der Waals surface area contributed by atoms with Gasteiger partial charge in [0.05, 0.1) is 11.0 Å². The van der Waals surface area contributed by atoms with Crippen molar-refractivity contribution in [2.75, 3.05) is 26.2 Å². The van der Waals surface area contributed by atoms with Crippen LogP contribution in [0.15, 0.2) is 18.2 Å². The lowest BCUT2D eigenvalue weighted by atomic mass is 9.93. The highest BCUT2D eigenvalue weighted by Gasteiger charge is 2.29. The minimum absolute atomic E-state index is 0. The average Bonchev–Trinajstić information content (AvgIpc) is 2.45. The molecule has 1 N–H and O–H groups in total. The molecule has 0 spiro atoms. The van der Waals surface area contributed by atoms with Gasteiger partial charge in [0.1, 0.15) is 5.82 Å². The lowest BCUT2D eigenvalue weighted by molar-refractivity contribution is -0.386. The Labute approximate surface area is 148 Å². The van der Waals surface area contributed by atoms with E-state index in [1.807, 2.05) is 0 Å². The number of piperazine rings is 1. The van der Waals surface area contributed by atoms with Gasteiger partial charge in [0, 0.05) is 37.8 Å². The first-order valence-electron chi connectivity index (χ1n) is 7.37. The number of nitrogens with zero attached hydrogens (tertiary/aromatic N) is 2. The van der Waals surface area contributed by atoms with E-state index in [0.717, 1.165) is 38.7 Å². The smallest absolute Gasteiger partial charge is 0.277 e. The van der Waals surface area contributed by atoms with Gasteiger partial charge in [0.15, 0.2) is 0 Å². The Morgan fingerprint density at radius 3 is 2.43 bits per heavy atom. The van der Waals surface area contributed by atoms with E-state index in [2.05, 4.69) is 24.1 Å². The minimum Gasteiger partial charge on any atom is -0.314 e. The Hall–Kier alpha value is -0.950. The van der Waals surface area contributed by atoms with E-state index in [-0.39, 0.29) is 36.5 Å². The van der Waals surface area contributed by atoms with Crippen LogP contribution in [-0.2, 0) is 0 Å². The summed E-state index contributed by atoms with van der Waals surface area (Å²) in [6, 6.07) is 3.89. The van der Waals surface area contributed by atoms with Crippen molar-refractivity contribution >= 4 is 30.5 Å². The van der Waals surface area contributed by atoms with Crippen LogP contribution in [-0.4, -0.2) is 36.0 Å². The van der Waals surface area contributed by atoms with Crippen LogP contribution in [0.1, 0.15) is 31.9 Å². The molecule has 132 valence electrons. The van der Waals surface area contributed by atoms with Crippen LogP contribution in [0.5, 0.6) is 0 Å². The van der Waals surface area contributed by atoms with Crippen LogP contribution in [0.25, 0.3) is 0 Å². The fraction of sp³-hybridized carbons (Fsp3) is 0.600. The number of hydrogen-bond donors (Lipinski definition) is 1. The third-order valence-electron chi connectivity index (χ3n) is 3.84. The van der Waals surface area contributed by atoms with Gasteiger partial charge < -0.3 is 5.32 Å².